The molecule has 0 fully saturated rings. The quantitative estimate of drug-likeness (QED) is 0.227. The number of ether oxygens (including phenoxy) is 2. The van der Waals surface area contributed by atoms with Gasteiger partial charge in [0, 0.05) is 11.8 Å². The molecule has 0 saturated carbocycles. The minimum atomic E-state index is -0.212. The Morgan fingerprint density at radius 2 is 1.88 bits per heavy atom. The standard InChI is InChI=1S/C30H25N5O3S2/c1-3-15-38-23-13-11-20(17-24(23)37-2)12-14-27-31-30-35(32-27)29(36)26(40-30)18-21-19-34(22-8-5-4-6-9-22)33-28(21)25-10-7-16-39-25/h4-14,16-19H,3,15H2,1-2H3/b14-12+,26-18-. The van der Waals surface area contributed by atoms with Crippen LogP contribution in [0.25, 0.3) is 39.4 Å². The van der Waals surface area contributed by atoms with Crippen molar-refractivity contribution in [2.45, 2.75) is 13.3 Å². The first-order valence-corrected chi connectivity index (χ1v) is 14.4. The maximum atomic E-state index is 13.3. The van der Waals surface area contributed by atoms with Crippen molar-refractivity contribution in [3.05, 3.63) is 104 Å². The number of para-hydroxylation sites is 1. The molecule has 0 spiro atoms. The normalized spacial score (nSPS) is 12.1. The Labute approximate surface area is 238 Å². The van der Waals surface area contributed by atoms with Crippen LogP contribution in [-0.2, 0) is 0 Å². The zero-order chi connectivity index (χ0) is 27.5. The van der Waals surface area contributed by atoms with Crippen molar-refractivity contribution in [1.29, 1.82) is 0 Å². The summed E-state index contributed by atoms with van der Waals surface area (Å²) in [4.78, 5) is 19.4. The first kappa shape index (κ1) is 25.7. The molecule has 0 unspecified atom stereocenters. The van der Waals surface area contributed by atoms with Gasteiger partial charge in [0.2, 0.25) is 4.96 Å². The smallest absolute Gasteiger partial charge is 0.291 e. The molecule has 0 aliphatic rings. The fourth-order valence-electron chi connectivity index (χ4n) is 4.16. The Morgan fingerprint density at radius 3 is 2.62 bits per heavy atom. The van der Waals surface area contributed by atoms with E-state index in [2.05, 4.69) is 17.0 Å². The average Bonchev–Trinajstić information content (AvgIpc) is 3.78. The largest absolute Gasteiger partial charge is 0.493 e. The van der Waals surface area contributed by atoms with E-state index in [-0.39, 0.29) is 5.56 Å². The molecule has 0 aliphatic carbocycles. The van der Waals surface area contributed by atoms with Gasteiger partial charge in [-0.1, -0.05) is 54.7 Å². The Balaban J connectivity index is 1.31. The van der Waals surface area contributed by atoms with Gasteiger partial charge in [-0.2, -0.15) is 14.6 Å². The summed E-state index contributed by atoms with van der Waals surface area (Å²) in [5, 5.41) is 11.3. The molecule has 200 valence electrons. The minimum Gasteiger partial charge on any atom is -0.493 e. The second kappa shape index (κ2) is 11.3. The third kappa shape index (κ3) is 5.18. The molecule has 10 heteroatoms. The second-order valence-corrected chi connectivity index (χ2v) is 10.8. The van der Waals surface area contributed by atoms with E-state index in [0.29, 0.717) is 33.4 Å². The number of aromatic nitrogens is 5. The first-order chi connectivity index (χ1) is 19.6. The molecule has 4 aromatic heterocycles. The Bertz CT molecular complexity index is 1900. The molecule has 2 aromatic carbocycles. The van der Waals surface area contributed by atoms with Gasteiger partial charge >= 0.3 is 0 Å². The number of rotatable bonds is 9. The summed E-state index contributed by atoms with van der Waals surface area (Å²) in [6.45, 7) is 2.69. The van der Waals surface area contributed by atoms with E-state index in [4.69, 9.17) is 14.6 Å². The van der Waals surface area contributed by atoms with E-state index in [9.17, 15) is 4.79 Å². The van der Waals surface area contributed by atoms with Crippen LogP contribution in [0.3, 0.4) is 0 Å². The van der Waals surface area contributed by atoms with Crippen LogP contribution in [0.4, 0.5) is 0 Å². The molecule has 0 amide bonds. The van der Waals surface area contributed by atoms with Crippen LogP contribution in [0.5, 0.6) is 11.5 Å². The predicted octanol–water partition coefficient (Wildman–Crippen LogP) is 5.58. The Hall–Kier alpha value is -4.54. The van der Waals surface area contributed by atoms with Crippen molar-refractivity contribution in [2.75, 3.05) is 13.7 Å². The molecule has 6 rings (SSSR count). The number of hydrogen-bond donors (Lipinski definition) is 0. The highest BCUT2D eigenvalue weighted by molar-refractivity contribution is 7.15. The van der Waals surface area contributed by atoms with Gasteiger partial charge in [-0.05, 0) is 59.8 Å². The summed E-state index contributed by atoms with van der Waals surface area (Å²) < 4.78 is 14.9. The van der Waals surface area contributed by atoms with Crippen LogP contribution in [0, 0.1) is 0 Å². The summed E-state index contributed by atoms with van der Waals surface area (Å²) in [5.41, 5.74) is 3.32. The fraction of sp³-hybridized carbons (Fsp3) is 0.133. The van der Waals surface area contributed by atoms with Gasteiger partial charge in [0.1, 0.15) is 5.69 Å². The zero-order valence-corrected chi connectivity index (χ0v) is 23.5. The number of thiophene rings is 1. The lowest BCUT2D eigenvalue weighted by molar-refractivity contribution is 0.294. The highest BCUT2D eigenvalue weighted by atomic mass is 32.1. The van der Waals surface area contributed by atoms with Crippen LogP contribution in [0.2, 0.25) is 0 Å². The van der Waals surface area contributed by atoms with Gasteiger partial charge in [0.05, 0.1) is 28.8 Å². The maximum Gasteiger partial charge on any atom is 0.291 e. The lowest BCUT2D eigenvalue weighted by Gasteiger charge is -2.10. The van der Waals surface area contributed by atoms with Gasteiger partial charge in [-0.15, -0.1) is 16.4 Å². The van der Waals surface area contributed by atoms with E-state index in [1.807, 2.05) is 89.1 Å². The SMILES string of the molecule is CCCOc1ccc(/C=C/c2nc3s/c(=C\c4cn(-c5ccccc5)nc4-c4cccs4)c(=O)n3n2)cc1OC. The van der Waals surface area contributed by atoms with Gasteiger partial charge in [0.15, 0.2) is 17.3 Å². The Morgan fingerprint density at radius 1 is 1.00 bits per heavy atom. The highest BCUT2D eigenvalue weighted by Crippen LogP contribution is 2.30. The molecule has 4 heterocycles. The third-order valence-corrected chi connectivity index (χ3v) is 7.91. The molecule has 0 bridgehead atoms. The van der Waals surface area contributed by atoms with Crippen molar-refractivity contribution in [2.24, 2.45) is 0 Å². The second-order valence-electron chi connectivity index (χ2n) is 8.86. The summed E-state index contributed by atoms with van der Waals surface area (Å²) in [7, 11) is 1.62. The number of thiazole rings is 1. The third-order valence-electron chi connectivity index (χ3n) is 6.08. The topological polar surface area (TPSA) is 83.5 Å². The molecular formula is C30H25N5O3S2. The number of methoxy groups -OCH3 is 1. The first-order valence-electron chi connectivity index (χ1n) is 12.7. The molecule has 0 N–H and O–H groups in total. The van der Waals surface area contributed by atoms with E-state index >= 15 is 0 Å². The van der Waals surface area contributed by atoms with Gasteiger partial charge in [-0.3, -0.25) is 4.79 Å². The van der Waals surface area contributed by atoms with Crippen LogP contribution < -0.4 is 19.6 Å². The fourth-order valence-corrected chi connectivity index (χ4v) is 5.80. The predicted molar refractivity (Wildman–Crippen MR) is 161 cm³/mol. The van der Waals surface area contributed by atoms with Gasteiger partial charge in [-0.25, -0.2) is 4.68 Å². The average molecular weight is 568 g/mol. The van der Waals surface area contributed by atoms with Gasteiger partial charge < -0.3 is 9.47 Å². The van der Waals surface area contributed by atoms with Crippen LogP contribution >= 0.6 is 22.7 Å². The molecule has 40 heavy (non-hydrogen) atoms. The lowest BCUT2D eigenvalue weighted by atomic mass is 10.2. The van der Waals surface area contributed by atoms with Crippen LogP contribution in [0.15, 0.2) is 77.0 Å². The van der Waals surface area contributed by atoms with E-state index < -0.39 is 0 Å². The molecule has 0 aliphatic heterocycles. The summed E-state index contributed by atoms with van der Waals surface area (Å²) in [6.07, 6.45) is 8.40. The number of nitrogens with zero attached hydrogens (tertiary/aromatic N) is 5. The summed E-state index contributed by atoms with van der Waals surface area (Å²) in [5.74, 6) is 1.82. The van der Waals surface area contributed by atoms with Crippen molar-refractivity contribution in [1.82, 2.24) is 24.4 Å². The van der Waals surface area contributed by atoms with Crippen molar-refractivity contribution < 1.29 is 9.47 Å². The Kier molecular flexibility index (Phi) is 7.26. The maximum absolute atomic E-state index is 13.3. The lowest BCUT2D eigenvalue weighted by Crippen LogP contribution is -2.23. The highest BCUT2D eigenvalue weighted by Gasteiger charge is 2.14. The van der Waals surface area contributed by atoms with Crippen LogP contribution in [-0.4, -0.2) is 38.1 Å². The molecular weight excluding hydrogens is 542 g/mol. The van der Waals surface area contributed by atoms with Crippen molar-refractivity contribution >= 4 is 45.9 Å². The number of benzene rings is 2. The van der Waals surface area contributed by atoms with E-state index in [1.54, 1.807) is 24.5 Å². The van der Waals surface area contributed by atoms with Crippen LogP contribution in [0.1, 0.15) is 30.3 Å². The minimum absolute atomic E-state index is 0.212. The number of fused-ring (bicyclic) bond motifs is 1. The van der Waals surface area contributed by atoms with Crippen molar-refractivity contribution in [3.63, 3.8) is 0 Å². The molecule has 8 nitrogen and oxygen atoms in total. The zero-order valence-electron chi connectivity index (χ0n) is 21.9. The summed E-state index contributed by atoms with van der Waals surface area (Å²) in [6, 6.07) is 19.7. The van der Waals surface area contributed by atoms with E-state index in [1.165, 1.54) is 15.9 Å². The van der Waals surface area contributed by atoms with Gasteiger partial charge in [0.25, 0.3) is 5.56 Å². The van der Waals surface area contributed by atoms with E-state index in [0.717, 1.165) is 33.8 Å². The number of hydrogen-bond acceptors (Lipinski definition) is 8. The molecule has 6 aromatic rings. The molecule has 0 atom stereocenters. The molecule has 0 radical (unpaired) electrons. The van der Waals surface area contributed by atoms with Crippen molar-refractivity contribution in [3.8, 4) is 27.8 Å². The summed E-state index contributed by atoms with van der Waals surface area (Å²) >= 11 is 2.91. The monoisotopic (exact) mass is 567 g/mol. The molecule has 0 saturated heterocycles.